The van der Waals surface area contributed by atoms with Gasteiger partial charge in [0.25, 0.3) is 0 Å². The molecule has 82 valence electrons. The average molecular weight is 248 g/mol. The lowest BCUT2D eigenvalue weighted by Gasteiger charge is -2.05. The minimum absolute atomic E-state index is 0.0245. The van der Waals surface area contributed by atoms with Crippen LogP contribution in [0.2, 0.25) is 5.02 Å². The molecule has 0 atom stereocenters. The summed E-state index contributed by atoms with van der Waals surface area (Å²) >= 11 is 5.65. The van der Waals surface area contributed by atoms with Crippen LogP contribution in [0.5, 0.6) is 0 Å². The van der Waals surface area contributed by atoms with Crippen LogP contribution in [0.15, 0.2) is 29.8 Å². The average Bonchev–Trinajstić information content (AvgIpc) is 2.19. The Morgan fingerprint density at radius 1 is 1.67 bits per heavy atom. The minimum atomic E-state index is -3.59. The molecule has 5 nitrogen and oxygen atoms in total. The maximum absolute atomic E-state index is 11.6. The van der Waals surface area contributed by atoms with E-state index in [2.05, 4.69) is 16.3 Å². The molecule has 0 aliphatic heterocycles. The first kappa shape index (κ1) is 12.0. The summed E-state index contributed by atoms with van der Waals surface area (Å²) < 4.78 is 25.4. The normalized spacial score (nSPS) is 11.3. The zero-order valence-electron chi connectivity index (χ0n) is 7.77. The number of nitrogens with one attached hydrogen (secondary N) is 1. The summed E-state index contributed by atoms with van der Waals surface area (Å²) in [5.41, 5.74) is 5.36. The number of sulfonamides is 1. The molecule has 1 heterocycles. The van der Waals surface area contributed by atoms with Crippen LogP contribution in [0.1, 0.15) is 0 Å². The van der Waals surface area contributed by atoms with E-state index in [4.69, 9.17) is 17.3 Å². The van der Waals surface area contributed by atoms with E-state index in [0.717, 1.165) is 6.20 Å². The van der Waals surface area contributed by atoms with Gasteiger partial charge < -0.3 is 5.73 Å². The van der Waals surface area contributed by atoms with Gasteiger partial charge in [0.05, 0.1) is 5.02 Å². The highest BCUT2D eigenvalue weighted by Gasteiger charge is 2.14. The Hall–Kier alpha value is -1.11. The SMILES string of the molecule is C=CCNS(=O)(=O)c1cnc(N)c(Cl)c1. The van der Waals surface area contributed by atoms with Gasteiger partial charge in [-0.15, -0.1) is 6.58 Å². The molecule has 0 bridgehead atoms. The smallest absolute Gasteiger partial charge is 0.242 e. The van der Waals surface area contributed by atoms with Crippen LogP contribution in [0.4, 0.5) is 5.82 Å². The largest absolute Gasteiger partial charge is 0.382 e. The van der Waals surface area contributed by atoms with Crippen LogP contribution in [-0.4, -0.2) is 19.9 Å². The van der Waals surface area contributed by atoms with E-state index in [1.807, 2.05) is 0 Å². The first-order valence-corrected chi connectivity index (χ1v) is 5.85. The van der Waals surface area contributed by atoms with E-state index in [1.54, 1.807) is 0 Å². The topological polar surface area (TPSA) is 85.1 Å². The van der Waals surface area contributed by atoms with Gasteiger partial charge in [-0.25, -0.2) is 18.1 Å². The van der Waals surface area contributed by atoms with Crippen molar-refractivity contribution in [2.45, 2.75) is 4.90 Å². The summed E-state index contributed by atoms with van der Waals surface area (Å²) in [4.78, 5) is 3.63. The monoisotopic (exact) mass is 247 g/mol. The number of pyridine rings is 1. The van der Waals surface area contributed by atoms with E-state index < -0.39 is 10.0 Å². The molecular formula is C8H10ClN3O2S. The second-order valence-corrected chi connectivity index (χ2v) is 4.85. The van der Waals surface area contributed by atoms with Gasteiger partial charge in [-0.05, 0) is 6.07 Å². The van der Waals surface area contributed by atoms with Crippen molar-refractivity contribution in [3.63, 3.8) is 0 Å². The number of hydrogen-bond acceptors (Lipinski definition) is 4. The molecule has 0 fully saturated rings. The second-order valence-electron chi connectivity index (χ2n) is 2.68. The Bertz CT molecular complexity index is 473. The molecule has 1 rings (SSSR count). The molecule has 0 aliphatic carbocycles. The van der Waals surface area contributed by atoms with Crippen molar-refractivity contribution in [2.24, 2.45) is 0 Å². The lowest BCUT2D eigenvalue weighted by atomic mass is 10.5. The van der Waals surface area contributed by atoms with Gasteiger partial charge in [-0.2, -0.15) is 0 Å². The molecule has 0 saturated carbocycles. The van der Waals surface area contributed by atoms with Crippen LogP contribution >= 0.6 is 11.6 Å². The lowest BCUT2D eigenvalue weighted by molar-refractivity contribution is 0.585. The Morgan fingerprint density at radius 2 is 2.33 bits per heavy atom. The van der Waals surface area contributed by atoms with Gasteiger partial charge in [0, 0.05) is 12.7 Å². The molecule has 0 spiro atoms. The zero-order chi connectivity index (χ0) is 11.5. The first-order chi connectivity index (χ1) is 6.97. The van der Waals surface area contributed by atoms with Gasteiger partial charge in [-0.1, -0.05) is 17.7 Å². The maximum atomic E-state index is 11.6. The Labute approximate surface area is 93.0 Å². The molecule has 0 aliphatic rings. The zero-order valence-corrected chi connectivity index (χ0v) is 9.35. The van der Waals surface area contributed by atoms with Gasteiger partial charge in [0.1, 0.15) is 10.7 Å². The standard InChI is InChI=1S/C8H10ClN3O2S/c1-2-3-12-15(13,14)6-4-7(9)8(10)11-5-6/h2,4-5,12H,1,3H2,(H2,10,11). The summed E-state index contributed by atoms with van der Waals surface area (Å²) in [5, 5.41) is 0.108. The van der Waals surface area contributed by atoms with Crippen LogP contribution < -0.4 is 10.5 Å². The van der Waals surface area contributed by atoms with Crippen molar-refractivity contribution < 1.29 is 8.42 Å². The molecule has 3 N–H and O–H groups in total. The molecule has 15 heavy (non-hydrogen) atoms. The maximum Gasteiger partial charge on any atom is 0.242 e. The second kappa shape index (κ2) is 4.61. The van der Waals surface area contributed by atoms with Gasteiger partial charge in [-0.3, -0.25) is 0 Å². The highest BCUT2D eigenvalue weighted by atomic mass is 35.5. The van der Waals surface area contributed by atoms with Crippen molar-refractivity contribution >= 4 is 27.4 Å². The fourth-order valence-electron chi connectivity index (χ4n) is 0.830. The number of nitrogens with two attached hydrogens (primary N) is 1. The van der Waals surface area contributed by atoms with Crippen molar-refractivity contribution in [3.05, 3.63) is 29.9 Å². The fourth-order valence-corrected chi connectivity index (χ4v) is 2.03. The molecule has 1 aromatic heterocycles. The van der Waals surface area contributed by atoms with Crippen molar-refractivity contribution in [1.29, 1.82) is 0 Å². The Morgan fingerprint density at radius 3 is 2.87 bits per heavy atom. The van der Waals surface area contributed by atoms with Crippen molar-refractivity contribution in [3.8, 4) is 0 Å². The number of nitrogen functional groups attached to an aromatic ring is 1. The third-order valence-corrected chi connectivity index (χ3v) is 3.27. The highest BCUT2D eigenvalue weighted by Crippen LogP contribution is 2.19. The first-order valence-electron chi connectivity index (χ1n) is 3.99. The van der Waals surface area contributed by atoms with E-state index in [-0.39, 0.29) is 22.3 Å². The minimum Gasteiger partial charge on any atom is -0.382 e. The molecule has 1 aromatic rings. The van der Waals surface area contributed by atoms with Crippen LogP contribution in [0.3, 0.4) is 0 Å². The molecule has 7 heteroatoms. The summed E-state index contributed by atoms with van der Waals surface area (Å²) in [6.07, 6.45) is 2.58. The molecule has 0 unspecified atom stereocenters. The highest BCUT2D eigenvalue weighted by molar-refractivity contribution is 7.89. The molecule has 0 amide bonds. The van der Waals surface area contributed by atoms with Crippen molar-refractivity contribution in [1.82, 2.24) is 9.71 Å². The number of anilines is 1. The van der Waals surface area contributed by atoms with Gasteiger partial charge in [0.15, 0.2) is 0 Å². The number of nitrogens with zero attached hydrogens (tertiary/aromatic N) is 1. The van der Waals surface area contributed by atoms with Crippen LogP contribution in [-0.2, 0) is 10.0 Å². The van der Waals surface area contributed by atoms with Gasteiger partial charge >= 0.3 is 0 Å². The number of hydrogen-bond donors (Lipinski definition) is 2. The van der Waals surface area contributed by atoms with E-state index in [0.29, 0.717) is 0 Å². The predicted molar refractivity (Wildman–Crippen MR) is 59.0 cm³/mol. The third kappa shape index (κ3) is 2.92. The van der Waals surface area contributed by atoms with Crippen LogP contribution in [0, 0.1) is 0 Å². The van der Waals surface area contributed by atoms with E-state index in [1.165, 1.54) is 12.1 Å². The molecule has 0 saturated heterocycles. The van der Waals surface area contributed by atoms with Gasteiger partial charge in [0.2, 0.25) is 10.0 Å². The van der Waals surface area contributed by atoms with E-state index >= 15 is 0 Å². The van der Waals surface area contributed by atoms with Crippen LogP contribution in [0.25, 0.3) is 0 Å². The Balaban J connectivity index is 3.05. The summed E-state index contributed by atoms with van der Waals surface area (Å²) in [7, 11) is -3.59. The fraction of sp³-hybridized carbons (Fsp3) is 0.125. The summed E-state index contributed by atoms with van der Waals surface area (Å²) in [6, 6.07) is 1.25. The summed E-state index contributed by atoms with van der Waals surface area (Å²) in [6.45, 7) is 3.54. The predicted octanol–water partition coefficient (Wildman–Crippen LogP) is 0.782. The summed E-state index contributed by atoms with van der Waals surface area (Å²) in [5.74, 6) is 0.0966. The number of rotatable bonds is 4. The van der Waals surface area contributed by atoms with E-state index in [9.17, 15) is 8.42 Å². The Kier molecular flexibility index (Phi) is 3.67. The number of halogens is 1. The lowest BCUT2D eigenvalue weighted by Crippen LogP contribution is -2.23. The quantitative estimate of drug-likeness (QED) is 0.770. The van der Waals surface area contributed by atoms with Crippen molar-refractivity contribution in [2.75, 3.05) is 12.3 Å². The molecule has 0 radical (unpaired) electrons. The molecular weight excluding hydrogens is 238 g/mol. The molecule has 0 aromatic carbocycles. The number of aromatic nitrogens is 1. The third-order valence-electron chi connectivity index (χ3n) is 1.57.